The minimum absolute atomic E-state index is 0.0209. The number of nitrogens with zero attached hydrogens (tertiary/aromatic N) is 1. The molecule has 6 unspecified atom stereocenters. The summed E-state index contributed by atoms with van der Waals surface area (Å²) in [5, 5.41) is 10.4. The molecule has 45 heavy (non-hydrogen) atoms. The SMILES string of the molecule is CSC1CC(O)CC(c2ccc(C(C)C)c(Cc3ccc(OC4CCN(C5CCC(c6cc(F)ccc6F)OC5)C4)cc3)c2)O1. The van der Waals surface area contributed by atoms with Gasteiger partial charge in [-0.05, 0) is 90.4 Å². The molecule has 6 atom stereocenters. The van der Waals surface area contributed by atoms with Crippen molar-refractivity contribution in [2.24, 2.45) is 0 Å². The number of hydrogen-bond acceptors (Lipinski definition) is 6. The molecule has 5 nitrogen and oxygen atoms in total. The third kappa shape index (κ3) is 7.91. The van der Waals surface area contributed by atoms with Gasteiger partial charge in [-0.2, -0.15) is 0 Å². The lowest BCUT2D eigenvalue weighted by atomic mass is 9.89. The number of thioether (sulfide) groups is 1. The van der Waals surface area contributed by atoms with Crippen LogP contribution in [0.5, 0.6) is 5.75 Å². The second-order valence-electron chi connectivity index (χ2n) is 13.1. The van der Waals surface area contributed by atoms with Gasteiger partial charge < -0.3 is 19.3 Å². The zero-order chi connectivity index (χ0) is 31.5. The van der Waals surface area contributed by atoms with Crippen molar-refractivity contribution in [2.45, 2.75) is 94.2 Å². The van der Waals surface area contributed by atoms with Crippen LogP contribution < -0.4 is 4.74 Å². The predicted molar refractivity (Wildman–Crippen MR) is 175 cm³/mol. The van der Waals surface area contributed by atoms with Crippen LogP contribution in [0, 0.1) is 11.6 Å². The van der Waals surface area contributed by atoms with Gasteiger partial charge in [0.1, 0.15) is 28.9 Å². The molecule has 8 heteroatoms. The van der Waals surface area contributed by atoms with Gasteiger partial charge in [-0.3, -0.25) is 4.90 Å². The Morgan fingerprint density at radius 2 is 1.80 bits per heavy atom. The molecule has 3 fully saturated rings. The number of benzene rings is 3. The van der Waals surface area contributed by atoms with Crippen LogP contribution in [0.3, 0.4) is 0 Å². The van der Waals surface area contributed by atoms with E-state index in [9.17, 15) is 13.9 Å². The summed E-state index contributed by atoms with van der Waals surface area (Å²) in [7, 11) is 0. The van der Waals surface area contributed by atoms with Crippen LogP contribution >= 0.6 is 11.8 Å². The zero-order valence-electron chi connectivity index (χ0n) is 26.5. The van der Waals surface area contributed by atoms with Crippen LogP contribution in [0.2, 0.25) is 0 Å². The zero-order valence-corrected chi connectivity index (χ0v) is 27.3. The molecule has 3 aromatic rings. The molecule has 0 amide bonds. The van der Waals surface area contributed by atoms with E-state index >= 15 is 0 Å². The van der Waals surface area contributed by atoms with Gasteiger partial charge >= 0.3 is 0 Å². The Kier molecular flexibility index (Phi) is 10.5. The van der Waals surface area contributed by atoms with Crippen LogP contribution in [0.25, 0.3) is 0 Å². The topological polar surface area (TPSA) is 51.2 Å². The molecule has 0 aromatic heterocycles. The van der Waals surface area contributed by atoms with Gasteiger partial charge in [-0.1, -0.05) is 44.2 Å². The molecule has 0 saturated carbocycles. The normalized spacial score (nSPS) is 27.6. The predicted octanol–water partition coefficient (Wildman–Crippen LogP) is 7.95. The minimum Gasteiger partial charge on any atom is -0.489 e. The highest BCUT2D eigenvalue weighted by atomic mass is 32.2. The number of likely N-dealkylation sites (tertiary alicyclic amines) is 1. The maximum absolute atomic E-state index is 14.2. The number of halogens is 2. The molecule has 6 rings (SSSR count). The number of aliphatic hydroxyl groups excluding tert-OH is 1. The third-order valence-electron chi connectivity index (χ3n) is 9.56. The van der Waals surface area contributed by atoms with Gasteiger partial charge in [0.15, 0.2) is 0 Å². The van der Waals surface area contributed by atoms with E-state index in [-0.39, 0.29) is 29.8 Å². The lowest BCUT2D eigenvalue weighted by molar-refractivity contribution is -0.0605. The van der Waals surface area contributed by atoms with E-state index in [1.54, 1.807) is 11.8 Å². The Morgan fingerprint density at radius 1 is 0.978 bits per heavy atom. The summed E-state index contributed by atoms with van der Waals surface area (Å²) < 4.78 is 46.6. The second-order valence-corrected chi connectivity index (χ2v) is 14.1. The molecule has 3 aliphatic heterocycles. The summed E-state index contributed by atoms with van der Waals surface area (Å²) in [6.07, 6.45) is 5.94. The molecule has 0 spiro atoms. The van der Waals surface area contributed by atoms with Crippen LogP contribution in [-0.4, -0.2) is 59.6 Å². The maximum Gasteiger partial charge on any atom is 0.129 e. The average Bonchev–Trinajstić information content (AvgIpc) is 3.51. The van der Waals surface area contributed by atoms with E-state index in [0.29, 0.717) is 37.4 Å². The van der Waals surface area contributed by atoms with Crippen molar-refractivity contribution in [2.75, 3.05) is 26.0 Å². The minimum atomic E-state index is -0.435. The first-order chi connectivity index (χ1) is 21.7. The van der Waals surface area contributed by atoms with Crippen molar-refractivity contribution in [1.29, 1.82) is 0 Å². The van der Waals surface area contributed by atoms with Crippen LogP contribution in [-0.2, 0) is 15.9 Å². The summed E-state index contributed by atoms with van der Waals surface area (Å²) in [4.78, 5) is 2.41. The van der Waals surface area contributed by atoms with Crippen molar-refractivity contribution in [3.8, 4) is 5.75 Å². The molecule has 3 saturated heterocycles. The van der Waals surface area contributed by atoms with Gasteiger partial charge in [0.05, 0.1) is 24.9 Å². The Balaban J connectivity index is 1.03. The Labute approximate surface area is 270 Å². The molecular formula is C37H45F2NO4S. The Hall–Kier alpha value is -2.49. The second kappa shape index (κ2) is 14.5. The van der Waals surface area contributed by atoms with E-state index in [0.717, 1.165) is 49.7 Å². The van der Waals surface area contributed by atoms with Crippen molar-refractivity contribution in [1.82, 2.24) is 4.90 Å². The molecule has 0 aliphatic carbocycles. The first-order valence-electron chi connectivity index (χ1n) is 16.3. The maximum atomic E-state index is 14.2. The van der Waals surface area contributed by atoms with Crippen LogP contribution in [0.4, 0.5) is 8.78 Å². The molecule has 1 N–H and O–H groups in total. The number of ether oxygens (including phenoxy) is 3. The average molecular weight is 638 g/mol. The molecule has 3 aliphatic rings. The highest BCUT2D eigenvalue weighted by Gasteiger charge is 2.34. The highest BCUT2D eigenvalue weighted by molar-refractivity contribution is 7.99. The van der Waals surface area contributed by atoms with E-state index in [4.69, 9.17) is 14.2 Å². The summed E-state index contributed by atoms with van der Waals surface area (Å²) in [5.41, 5.74) is 5.33. The fourth-order valence-corrected chi connectivity index (χ4v) is 7.74. The lowest BCUT2D eigenvalue weighted by Crippen LogP contribution is -2.41. The van der Waals surface area contributed by atoms with Crippen molar-refractivity contribution in [3.05, 3.63) is 100 Å². The van der Waals surface area contributed by atoms with E-state index in [1.165, 1.54) is 28.8 Å². The number of hydrogen-bond donors (Lipinski definition) is 1. The first kappa shape index (κ1) is 32.5. The molecular weight excluding hydrogens is 592 g/mol. The summed E-state index contributed by atoms with van der Waals surface area (Å²) >= 11 is 1.66. The van der Waals surface area contributed by atoms with Gasteiger partial charge in [0.25, 0.3) is 0 Å². The Morgan fingerprint density at radius 3 is 2.53 bits per heavy atom. The highest BCUT2D eigenvalue weighted by Crippen LogP contribution is 2.37. The van der Waals surface area contributed by atoms with Crippen LogP contribution in [0.1, 0.15) is 91.9 Å². The summed E-state index contributed by atoms with van der Waals surface area (Å²) in [6.45, 7) is 6.73. The van der Waals surface area contributed by atoms with Crippen molar-refractivity contribution in [3.63, 3.8) is 0 Å². The van der Waals surface area contributed by atoms with Crippen molar-refractivity contribution >= 4 is 11.8 Å². The number of aliphatic hydroxyl groups is 1. The smallest absolute Gasteiger partial charge is 0.129 e. The van der Waals surface area contributed by atoms with Gasteiger partial charge in [0.2, 0.25) is 0 Å². The first-order valence-corrected chi connectivity index (χ1v) is 17.6. The van der Waals surface area contributed by atoms with E-state index in [2.05, 4.69) is 61.2 Å². The molecule has 0 bridgehead atoms. The fourth-order valence-electron chi connectivity index (χ4n) is 7.08. The van der Waals surface area contributed by atoms with Gasteiger partial charge in [0, 0.05) is 37.5 Å². The van der Waals surface area contributed by atoms with Crippen LogP contribution in [0.15, 0.2) is 60.7 Å². The lowest BCUT2D eigenvalue weighted by Gasteiger charge is -2.35. The largest absolute Gasteiger partial charge is 0.489 e. The van der Waals surface area contributed by atoms with Crippen molar-refractivity contribution < 1.29 is 28.1 Å². The summed E-state index contributed by atoms with van der Waals surface area (Å²) in [5.74, 6) is 0.433. The van der Waals surface area contributed by atoms with E-state index < -0.39 is 17.7 Å². The number of rotatable bonds is 9. The molecule has 3 heterocycles. The van der Waals surface area contributed by atoms with E-state index in [1.807, 2.05) is 6.26 Å². The van der Waals surface area contributed by atoms with Gasteiger partial charge in [-0.15, -0.1) is 11.8 Å². The molecule has 242 valence electrons. The standard InChI is InChI=1S/C37H45F2NO4S/c1-23(2)32-11-6-25(36-19-29(41)20-37(44-36)45-3)17-26(32)16-24-4-9-30(10-5-24)43-31-14-15-40(21-31)28-8-13-35(42-22-28)33-18-27(38)7-12-34(33)39/h4-7,9-12,17-18,23,28-29,31,35-37,41H,8,13-16,19-22H2,1-3H3. The quantitative estimate of drug-likeness (QED) is 0.257. The monoisotopic (exact) mass is 637 g/mol. The fraction of sp³-hybridized carbons (Fsp3) is 0.514. The molecule has 0 radical (unpaired) electrons. The summed E-state index contributed by atoms with van der Waals surface area (Å²) in [6, 6.07) is 19.0. The van der Waals surface area contributed by atoms with Gasteiger partial charge in [-0.25, -0.2) is 8.78 Å². The third-order valence-corrected chi connectivity index (χ3v) is 10.4. The Bertz CT molecular complexity index is 1430. The molecule has 3 aromatic carbocycles.